The molecule has 0 bridgehead atoms. The first kappa shape index (κ1) is 22.3. The summed E-state index contributed by atoms with van der Waals surface area (Å²) in [6.45, 7) is 1.89. The molecule has 0 saturated heterocycles. The fourth-order valence-electron chi connectivity index (χ4n) is 3.07. The molecule has 8 heteroatoms. The third-order valence-electron chi connectivity index (χ3n) is 4.76. The van der Waals surface area contributed by atoms with Gasteiger partial charge in [0.1, 0.15) is 11.5 Å². The SMILES string of the molecule is COc1ccccc1CNS(=O)(=O)c1ccc(OC)c(NC(=O)c2ccccc2C)c1. The fourth-order valence-corrected chi connectivity index (χ4v) is 4.11. The van der Waals surface area contributed by atoms with Gasteiger partial charge in [0.05, 0.1) is 24.8 Å². The van der Waals surface area contributed by atoms with Crippen LogP contribution in [0.4, 0.5) is 5.69 Å². The molecule has 2 N–H and O–H groups in total. The number of ether oxygens (including phenoxy) is 2. The largest absolute Gasteiger partial charge is 0.496 e. The van der Waals surface area contributed by atoms with E-state index in [0.717, 1.165) is 5.56 Å². The Morgan fingerprint density at radius 3 is 2.29 bits per heavy atom. The molecule has 0 saturated carbocycles. The summed E-state index contributed by atoms with van der Waals surface area (Å²) in [7, 11) is -0.873. The molecule has 0 unspecified atom stereocenters. The summed E-state index contributed by atoms with van der Waals surface area (Å²) >= 11 is 0. The highest BCUT2D eigenvalue weighted by atomic mass is 32.2. The number of nitrogens with one attached hydrogen (secondary N) is 2. The number of methoxy groups -OCH3 is 2. The summed E-state index contributed by atoms with van der Waals surface area (Å²) in [6, 6.07) is 18.6. The average Bonchev–Trinajstić information content (AvgIpc) is 2.78. The second-order valence-electron chi connectivity index (χ2n) is 6.77. The molecule has 0 aromatic heterocycles. The molecule has 31 heavy (non-hydrogen) atoms. The van der Waals surface area contributed by atoms with Gasteiger partial charge >= 0.3 is 0 Å². The monoisotopic (exact) mass is 440 g/mol. The predicted molar refractivity (Wildman–Crippen MR) is 119 cm³/mol. The number of aryl methyl sites for hydroxylation is 1. The number of hydrogen-bond donors (Lipinski definition) is 2. The summed E-state index contributed by atoms with van der Waals surface area (Å²) in [5.74, 6) is 0.588. The molecule has 162 valence electrons. The maximum Gasteiger partial charge on any atom is 0.256 e. The van der Waals surface area contributed by atoms with Crippen LogP contribution in [0.2, 0.25) is 0 Å². The first-order chi connectivity index (χ1) is 14.9. The van der Waals surface area contributed by atoms with E-state index in [-0.39, 0.29) is 23.0 Å². The van der Waals surface area contributed by atoms with Gasteiger partial charge in [-0.1, -0.05) is 36.4 Å². The van der Waals surface area contributed by atoms with Crippen LogP contribution in [0.5, 0.6) is 11.5 Å². The Hall–Kier alpha value is -3.36. The molecule has 0 aliphatic carbocycles. The van der Waals surface area contributed by atoms with Crippen molar-refractivity contribution in [1.82, 2.24) is 4.72 Å². The normalized spacial score (nSPS) is 11.1. The fraction of sp³-hybridized carbons (Fsp3) is 0.174. The Morgan fingerprint density at radius 1 is 0.903 bits per heavy atom. The zero-order valence-electron chi connectivity index (χ0n) is 17.5. The highest BCUT2D eigenvalue weighted by Crippen LogP contribution is 2.28. The number of carbonyl (C=O) groups excluding carboxylic acids is 1. The second-order valence-corrected chi connectivity index (χ2v) is 8.53. The zero-order chi connectivity index (χ0) is 22.4. The van der Waals surface area contributed by atoms with Gasteiger partial charge in [-0.3, -0.25) is 4.79 Å². The highest BCUT2D eigenvalue weighted by molar-refractivity contribution is 7.89. The van der Waals surface area contributed by atoms with E-state index in [9.17, 15) is 13.2 Å². The van der Waals surface area contributed by atoms with Crippen LogP contribution >= 0.6 is 0 Å². The Balaban J connectivity index is 1.85. The Morgan fingerprint density at radius 2 is 1.58 bits per heavy atom. The summed E-state index contributed by atoms with van der Waals surface area (Å²) in [4.78, 5) is 12.7. The van der Waals surface area contributed by atoms with Crippen LogP contribution in [0, 0.1) is 6.92 Å². The Kier molecular flexibility index (Phi) is 6.94. The van der Waals surface area contributed by atoms with Crippen molar-refractivity contribution < 1.29 is 22.7 Å². The summed E-state index contributed by atoms with van der Waals surface area (Å²) < 4.78 is 38.8. The van der Waals surface area contributed by atoms with Gasteiger partial charge in [-0.15, -0.1) is 0 Å². The molecule has 3 aromatic rings. The van der Waals surface area contributed by atoms with Gasteiger partial charge in [-0.25, -0.2) is 13.1 Å². The smallest absolute Gasteiger partial charge is 0.256 e. The van der Waals surface area contributed by atoms with Crippen molar-refractivity contribution in [3.05, 3.63) is 83.4 Å². The quantitative estimate of drug-likeness (QED) is 0.557. The molecule has 1 amide bonds. The van der Waals surface area contributed by atoms with Crippen molar-refractivity contribution in [2.24, 2.45) is 0 Å². The molecule has 3 aromatic carbocycles. The van der Waals surface area contributed by atoms with Crippen molar-refractivity contribution in [3.63, 3.8) is 0 Å². The molecule has 7 nitrogen and oxygen atoms in total. The third-order valence-corrected chi connectivity index (χ3v) is 6.16. The summed E-state index contributed by atoms with van der Waals surface area (Å²) in [5, 5.41) is 2.75. The van der Waals surface area contributed by atoms with Crippen LogP contribution in [0.15, 0.2) is 71.6 Å². The minimum atomic E-state index is -3.85. The first-order valence-corrected chi connectivity index (χ1v) is 11.0. The lowest BCUT2D eigenvalue weighted by Gasteiger charge is -2.14. The van der Waals surface area contributed by atoms with E-state index in [1.807, 2.05) is 25.1 Å². The van der Waals surface area contributed by atoms with E-state index in [1.54, 1.807) is 30.3 Å². The number of rotatable bonds is 8. The number of benzene rings is 3. The van der Waals surface area contributed by atoms with Gasteiger partial charge in [0, 0.05) is 17.7 Å². The van der Waals surface area contributed by atoms with E-state index in [4.69, 9.17) is 9.47 Å². The van der Waals surface area contributed by atoms with E-state index in [2.05, 4.69) is 10.0 Å². The molecule has 0 atom stereocenters. The van der Waals surface area contributed by atoms with Crippen molar-refractivity contribution >= 4 is 21.6 Å². The van der Waals surface area contributed by atoms with Gasteiger partial charge < -0.3 is 14.8 Å². The molecule has 0 heterocycles. The molecule has 3 rings (SSSR count). The predicted octanol–water partition coefficient (Wildman–Crippen LogP) is 3.74. The average molecular weight is 441 g/mol. The number of sulfonamides is 1. The maximum atomic E-state index is 12.9. The lowest BCUT2D eigenvalue weighted by Crippen LogP contribution is -2.24. The maximum absolute atomic E-state index is 12.9. The zero-order valence-corrected chi connectivity index (χ0v) is 18.3. The number of anilines is 1. The number of carbonyl (C=O) groups is 1. The van der Waals surface area contributed by atoms with Gasteiger partial charge in [0.15, 0.2) is 0 Å². The summed E-state index contributed by atoms with van der Waals surface area (Å²) in [5.41, 5.74) is 2.26. The van der Waals surface area contributed by atoms with Crippen molar-refractivity contribution in [3.8, 4) is 11.5 Å². The molecule has 0 aliphatic heterocycles. The molecule has 0 aliphatic rings. The molecule has 0 fully saturated rings. The number of para-hydroxylation sites is 1. The third kappa shape index (κ3) is 5.22. The van der Waals surface area contributed by atoms with Crippen LogP contribution < -0.4 is 19.5 Å². The molecular weight excluding hydrogens is 416 g/mol. The van der Waals surface area contributed by atoms with Crippen LogP contribution in [0.1, 0.15) is 21.5 Å². The van der Waals surface area contributed by atoms with E-state index >= 15 is 0 Å². The van der Waals surface area contributed by atoms with E-state index < -0.39 is 10.0 Å². The van der Waals surface area contributed by atoms with Crippen LogP contribution in [-0.4, -0.2) is 28.5 Å². The minimum Gasteiger partial charge on any atom is -0.496 e. The number of amides is 1. The highest BCUT2D eigenvalue weighted by Gasteiger charge is 2.19. The molecular formula is C23H24N2O5S. The van der Waals surface area contributed by atoms with Crippen molar-refractivity contribution in [2.75, 3.05) is 19.5 Å². The topological polar surface area (TPSA) is 93.7 Å². The Bertz CT molecular complexity index is 1190. The standard InChI is InChI=1S/C23H24N2O5S/c1-16-8-4-6-10-19(16)23(26)25-20-14-18(12-13-22(20)30-3)31(27,28)24-15-17-9-5-7-11-21(17)29-2/h4-14,24H,15H2,1-3H3,(H,25,26). The minimum absolute atomic E-state index is 0.00304. The Labute approximate surface area is 182 Å². The second kappa shape index (κ2) is 9.63. The van der Waals surface area contributed by atoms with Gasteiger partial charge in [-0.2, -0.15) is 0 Å². The van der Waals surface area contributed by atoms with E-state index in [1.165, 1.54) is 32.4 Å². The number of hydrogen-bond acceptors (Lipinski definition) is 5. The van der Waals surface area contributed by atoms with Gasteiger partial charge in [0.25, 0.3) is 5.91 Å². The van der Waals surface area contributed by atoms with Crippen LogP contribution in [-0.2, 0) is 16.6 Å². The van der Waals surface area contributed by atoms with E-state index in [0.29, 0.717) is 22.6 Å². The summed E-state index contributed by atoms with van der Waals surface area (Å²) in [6.07, 6.45) is 0. The van der Waals surface area contributed by atoms with Crippen molar-refractivity contribution in [1.29, 1.82) is 0 Å². The lowest BCUT2D eigenvalue weighted by atomic mass is 10.1. The van der Waals surface area contributed by atoms with Gasteiger partial charge in [-0.05, 0) is 42.8 Å². The molecule has 0 radical (unpaired) electrons. The van der Waals surface area contributed by atoms with Crippen LogP contribution in [0.3, 0.4) is 0 Å². The first-order valence-electron chi connectivity index (χ1n) is 9.52. The van der Waals surface area contributed by atoms with Gasteiger partial charge in [0.2, 0.25) is 10.0 Å². The van der Waals surface area contributed by atoms with Crippen molar-refractivity contribution in [2.45, 2.75) is 18.4 Å². The molecule has 0 spiro atoms. The van der Waals surface area contributed by atoms with Crippen LogP contribution in [0.25, 0.3) is 0 Å². The lowest BCUT2D eigenvalue weighted by molar-refractivity contribution is 0.102.